The maximum Gasteiger partial charge on any atom is 0.368 e. The molecule has 1 aromatic rings. The molecule has 1 aliphatic heterocycles. The van der Waals surface area contributed by atoms with Gasteiger partial charge in [0.05, 0.1) is 13.2 Å². The molecule has 0 amide bonds. The van der Waals surface area contributed by atoms with Crippen LogP contribution in [0.3, 0.4) is 0 Å². The third kappa shape index (κ3) is 2.45. The Balaban J connectivity index is 2.35. The van der Waals surface area contributed by atoms with Gasteiger partial charge in [-0.1, -0.05) is 3.89 Å². The van der Waals surface area contributed by atoms with E-state index in [0.29, 0.717) is 18.9 Å². The lowest BCUT2D eigenvalue weighted by atomic mass is 10.0. The molecule has 0 spiro atoms. The molecule has 0 bridgehead atoms. The zero-order valence-corrected chi connectivity index (χ0v) is 10.1. The summed E-state index contributed by atoms with van der Waals surface area (Å²) in [6.45, 7) is 1.87. The van der Waals surface area contributed by atoms with Crippen LogP contribution in [0.15, 0.2) is 5.16 Å². The Morgan fingerprint density at radius 2 is 2.24 bits per heavy atom. The molecule has 0 saturated carbocycles. The van der Waals surface area contributed by atoms with Crippen molar-refractivity contribution < 1.29 is 17.0 Å². The highest BCUT2D eigenvalue weighted by Gasteiger charge is 2.30. The van der Waals surface area contributed by atoms with Crippen molar-refractivity contribution in [2.75, 3.05) is 26.8 Å². The number of methoxy groups -OCH3 is 1. The van der Waals surface area contributed by atoms with Gasteiger partial charge in [-0.2, -0.15) is 8.42 Å². The first-order chi connectivity index (χ1) is 8.04. The van der Waals surface area contributed by atoms with Crippen molar-refractivity contribution in [3.8, 4) is 0 Å². The van der Waals surface area contributed by atoms with Crippen LogP contribution < -0.4 is 5.32 Å². The van der Waals surface area contributed by atoms with Gasteiger partial charge in [0, 0.05) is 26.1 Å². The molecular weight excluding hydrogens is 251 g/mol. The molecule has 96 valence electrons. The Morgan fingerprint density at radius 3 is 2.71 bits per heavy atom. The number of ether oxygens (including phenoxy) is 1. The molecule has 1 saturated heterocycles. The molecular formula is C8H13FN4O3S. The molecule has 0 aromatic carbocycles. The van der Waals surface area contributed by atoms with Gasteiger partial charge >= 0.3 is 10.2 Å². The second kappa shape index (κ2) is 4.67. The summed E-state index contributed by atoms with van der Waals surface area (Å²) in [6.07, 6.45) is 0. The molecule has 0 atom stereocenters. The van der Waals surface area contributed by atoms with E-state index in [-0.39, 0.29) is 19.1 Å². The van der Waals surface area contributed by atoms with Crippen LogP contribution in [0.5, 0.6) is 0 Å². The molecule has 2 heterocycles. The Kier molecular flexibility index (Phi) is 3.40. The van der Waals surface area contributed by atoms with Crippen molar-refractivity contribution in [2.24, 2.45) is 0 Å². The summed E-state index contributed by atoms with van der Waals surface area (Å²) >= 11 is 0. The van der Waals surface area contributed by atoms with E-state index in [2.05, 4.69) is 15.5 Å². The third-order valence-corrected chi connectivity index (χ3v) is 3.37. The standard InChI is InChI=1S/C8H13FN4O3S/c1-16-3-2-13-7(6-4-10-5-6)11-12-8(13)17(9,14)15/h6,10H,2-5H2,1H3. The minimum Gasteiger partial charge on any atom is -0.383 e. The van der Waals surface area contributed by atoms with Gasteiger partial charge in [-0.3, -0.25) is 4.57 Å². The Bertz CT molecular complexity index is 497. The molecule has 9 heteroatoms. The molecule has 1 aliphatic rings. The van der Waals surface area contributed by atoms with E-state index < -0.39 is 15.4 Å². The van der Waals surface area contributed by atoms with Crippen molar-refractivity contribution in [2.45, 2.75) is 17.6 Å². The second-order valence-corrected chi connectivity index (χ2v) is 5.02. The average molecular weight is 264 g/mol. The second-order valence-electron chi connectivity index (χ2n) is 3.78. The largest absolute Gasteiger partial charge is 0.383 e. The summed E-state index contributed by atoms with van der Waals surface area (Å²) in [4.78, 5) is 0. The zero-order valence-electron chi connectivity index (χ0n) is 9.26. The maximum absolute atomic E-state index is 13.0. The van der Waals surface area contributed by atoms with Crippen LogP contribution in [0.25, 0.3) is 0 Å². The highest BCUT2D eigenvalue weighted by Crippen LogP contribution is 2.21. The SMILES string of the molecule is COCCn1c(C2CNC2)nnc1S(=O)(=O)F. The van der Waals surface area contributed by atoms with Crippen molar-refractivity contribution in [3.63, 3.8) is 0 Å². The lowest BCUT2D eigenvalue weighted by Gasteiger charge is -2.26. The number of aromatic nitrogens is 3. The molecule has 1 N–H and O–H groups in total. The van der Waals surface area contributed by atoms with E-state index in [0.717, 1.165) is 0 Å². The van der Waals surface area contributed by atoms with E-state index in [4.69, 9.17) is 4.74 Å². The quantitative estimate of drug-likeness (QED) is 0.706. The van der Waals surface area contributed by atoms with E-state index in [1.807, 2.05) is 0 Å². The van der Waals surface area contributed by atoms with Gasteiger partial charge in [0.15, 0.2) is 0 Å². The fourth-order valence-corrected chi connectivity index (χ4v) is 2.23. The molecule has 1 fully saturated rings. The first kappa shape index (κ1) is 12.4. The summed E-state index contributed by atoms with van der Waals surface area (Å²) in [7, 11) is -3.36. The molecule has 0 unspecified atom stereocenters. The van der Waals surface area contributed by atoms with Crippen LogP contribution in [0.4, 0.5) is 3.89 Å². The average Bonchev–Trinajstić information content (AvgIpc) is 2.55. The van der Waals surface area contributed by atoms with E-state index in [9.17, 15) is 12.3 Å². The zero-order chi connectivity index (χ0) is 12.5. The minimum absolute atomic E-state index is 0.0786. The van der Waals surface area contributed by atoms with Gasteiger partial charge in [0.25, 0.3) is 5.16 Å². The summed E-state index contributed by atoms with van der Waals surface area (Å²) in [5, 5.41) is 9.56. The van der Waals surface area contributed by atoms with Gasteiger partial charge in [-0.05, 0) is 0 Å². The monoisotopic (exact) mass is 264 g/mol. The summed E-state index contributed by atoms with van der Waals surface area (Å²) in [5.74, 6) is 0.562. The fraction of sp³-hybridized carbons (Fsp3) is 0.750. The molecule has 17 heavy (non-hydrogen) atoms. The number of rotatable bonds is 5. The molecule has 0 aliphatic carbocycles. The van der Waals surface area contributed by atoms with Gasteiger partial charge in [-0.25, -0.2) is 0 Å². The molecule has 7 nitrogen and oxygen atoms in total. The first-order valence-corrected chi connectivity index (χ1v) is 6.50. The van der Waals surface area contributed by atoms with E-state index in [1.54, 1.807) is 0 Å². The molecule has 1 aromatic heterocycles. The van der Waals surface area contributed by atoms with Gasteiger partial charge < -0.3 is 10.1 Å². The van der Waals surface area contributed by atoms with Crippen LogP contribution in [0, 0.1) is 0 Å². The molecule has 2 rings (SSSR count). The summed E-state index contributed by atoms with van der Waals surface area (Å²) in [6, 6.07) is 0. The Morgan fingerprint density at radius 1 is 1.53 bits per heavy atom. The number of hydrogen-bond acceptors (Lipinski definition) is 6. The predicted molar refractivity (Wildman–Crippen MR) is 55.8 cm³/mol. The van der Waals surface area contributed by atoms with E-state index >= 15 is 0 Å². The van der Waals surface area contributed by atoms with Crippen LogP contribution >= 0.6 is 0 Å². The van der Waals surface area contributed by atoms with Crippen molar-refractivity contribution in [1.29, 1.82) is 0 Å². The number of hydrogen-bond donors (Lipinski definition) is 1. The Hall–Kier alpha value is -1.06. The smallest absolute Gasteiger partial charge is 0.368 e. The van der Waals surface area contributed by atoms with Crippen LogP contribution in [-0.2, 0) is 21.5 Å². The van der Waals surface area contributed by atoms with E-state index in [1.165, 1.54) is 11.7 Å². The number of nitrogens with one attached hydrogen (secondary N) is 1. The van der Waals surface area contributed by atoms with Crippen LogP contribution in [0.1, 0.15) is 11.7 Å². The molecule has 0 radical (unpaired) electrons. The normalized spacial score (nSPS) is 17.1. The van der Waals surface area contributed by atoms with Crippen molar-refractivity contribution in [3.05, 3.63) is 5.82 Å². The Labute approximate surface area is 98.2 Å². The number of halogens is 1. The van der Waals surface area contributed by atoms with Gasteiger partial charge in [0.1, 0.15) is 5.82 Å². The van der Waals surface area contributed by atoms with Crippen LogP contribution in [0.2, 0.25) is 0 Å². The highest BCUT2D eigenvalue weighted by molar-refractivity contribution is 7.86. The summed E-state index contributed by atoms with van der Waals surface area (Å²) in [5.41, 5.74) is 0. The minimum atomic E-state index is -4.85. The van der Waals surface area contributed by atoms with Crippen LogP contribution in [-0.4, -0.2) is 50.0 Å². The van der Waals surface area contributed by atoms with Gasteiger partial charge in [0.2, 0.25) is 0 Å². The predicted octanol–water partition coefficient (Wildman–Crippen LogP) is -0.731. The van der Waals surface area contributed by atoms with Gasteiger partial charge in [-0.15, -0.1) is 10.2 Å². The van der Waals surface area contributed by atoms with Crippen molar-refractivity contribution >= 4 is 10.2 Å². The fourth-order valence-electron chi connectivity index (χ4n) is 1.65. The maximum atomic E-state index is 13.0. The van der Waals surface area contributed by atoms with Crippen molar-refractivity contribution in [1.82, 2.24) is 20.1 Å². The summed E-state index contributed by atoms with van der Waals surface area (Å²) < 4.78 is 41.0. The number of nitrogens with zero attached hydrogens (tertiary/aromatic N) is 3. The third-order valence-electron chi connectivity index (χ3n) is 2.63. The topological polar surface area (TPSA) is 86.1 Å². The highest BCUT2D eigenvalue weighted by atomic mass is 32.3. The lowest BCUT2D eigenvalue weighted by molar-refractivity contribution is 0.182. The first-order valence-electron chi connectivity index (χ1n) is 5.11. The lowest BCUT2D eigenvalue weighted by Crippen LogP contribution is -2.41.